The van der Waals surface area contributed by atoms with Crippen molar-refractivity contribution in [2.24, 2.45) is 17.8 Å². The van der Waals surface area contributed by atoms with E-state index in [4.69, 9.17) is 0 Å². The summed E-state index contributed by atoms with van der Waals surface area (Å²) in [5.41, 5.74) is 0. The number of amides is 1. The van der Waals surface area contributed by atoms with Gasteiger partial charge < -0.3 is 10.6 Å². The van der Waals surface area contributed by atoms with Crippen molar-refractivity contribution in [3.05, 3.63) is 12.3 Å². The molecule has 3 fully saturated rings. The fourth-order valence-corrected chi connectivity index (χ4v) is 4.29. The van der Waals surface area contributed by atoms with Crippen molar-refractivity contribution >= 4 is 11.7 Å². The molecule has 120 valence electrons. The number of carbonyl (C=O) groups is 1. The van der Waals surface area contributed by atoms with Crippen molar-refractivity contribution in [2.45, 2.75) is 51.0 Å². The molecule has 2 saturated carbocycles. The van der Waals surface area contributed by atoms with E-state index in [1.807, 2.05) is 16.9 Å². The zero-order valence-electron chi connectivity index (χ0n) is 13.1. The third-order valence-corrected chi connectivity index (χ3v) is 5.70. The predicted molar refractivity (Wildman–Crippen MR) is 85.6 cm³/mol. The first-order valence-electron chi connectivity index (χ1n) is 8.88. The first kappa shape index (κ1) is 14.2. The van der Waals surface area contributed by atoms with Gasteiger partial charge in [0, 0.05) is 24.7 Å². The van der Waals surface area contributed by atoms with Crippen molar-refractivity contribution in [3.63, 3.8) is 0 Å². The van der Waals surface area contributed by atoms with Crippen LogP contribution in [-0.4, -0.2) is 28.8 Å². The Bertz CT molecular complexity index is 529. The smallest absolute Gasteiger partial charge is 0.228 e. The van der Waals surface area contributed by atoms with E-state index in [2.05, 4.69) is 15.7 Å². The third-order valence-electron chi connectivity index (χ3n) is 5.70. The molecule has 2 heterocycles. The van der Waals surface area contributed by atoms with Crippen LogP contribution in [0.2, 0.25) is 0 Å². The summed E-state index contributed by atoms with van der Waals surface area (Å²) in [6.45, 7) is 2.03. The summed E-state index contributed by atoms with van der Waals surface area (Å²) < 4.78 is 1.99. The summed E-state index contributed by atoms with van der Waals surface area (Å²) in [4.78, 5) is 12.4. The van der Waals surface area contributed by atoms with E-state index in [-0.39, 0.29) is 11.8 Å². The Kier molecular flexibility index (Phi) is 3.90. The largest absolute Gasteiger partial charge is 0.315 e. The lowest BCUT2D eigenvalue weighted by Gasteiger charge is -2.21. The minimum atomic E-state index is 0.186. The van der Waals surface area contributed by atoms with E-state index in [0.29, 0.717) is 17.8 Å². The first-order chi connectivity index (χ1) is 10.8. The molecular weight excluding hydrogens is 276 g/mol. The van der Waals surface area contributed by atoms with Gasteiger partial charge in [-0.3, -0.25) is 9.48 Å². The number of hydrogen-bond donors (Lipinski definition) is 2. The molecule has 2 N–H and O–H groups in total. The summed E-state index contributed by atoms with van der Waals surface area (Å²) in [6, 6.07) is 2.36. The number of hydrogen-bond acceptors (Lipinski definition) is 3. The molecule has 1 aromatic heterocycles. The van der Waals surface area contributed by atoms with Gasteiger partial charge in [0.25, 0.3) is 0 Å². The van der Waals surface area contributed by atoms with Gasteiger partial charge in [0.1, 0.15) is 0 Å². The molecule has 0 unspecified atom stereocenters. The monoisotopic (exact) mass is 302 g/mol. The lowest BCUT2D eigenvalue weighted by Crippen LogP contribution is -2.19. The normalized spacial score (nSPS) is 32.1. The topological polar surface area (TPSA) is 59.0 Å². The van der Waals surface area contributed by atoms with Gasteiger partial charge in [0.15, 0.2) is 5.82 Å². The zero-order chi connectivity index (χ0) is 14.9. The molecule has 3 aliphatic rings. The van der Waals surface area contributed by atoms with E-state index >= 15 is 0 Å². The fourth-order valence-electron chi connectivity index (χ4n) is 4.29. The van der Waals surface area contributed by atoms with Crippen molar-refractivity contribution in [2.75, 3.05) is 18.4 Å². The molecule has 2 aliphatic carbocycles. The highest BCUT2D eigenvalue weighted by Gasteiger charge is 2.47. The van der Waals surface area contributed by atoms with Crippen LogP contribution < -0.4 is 10.6 Å². The molecule has 22 heavy (non-hydrogen) atoms. The number of aromatic nitrogens is 2. The van der Waals surface area contributed by atoms with Crippen molar-refractivity contribution < 1.29 is 4.79 Å². The second-order valence-electron chi connectivity index (χ2n) is 7.22. The minimum absolute atomic E-state index is 0.186. The second-order valence-corrected chi connectivity index (χ2v) is 7.22. The van der Waals surface area contributed by atoms with E-state index in [9.17, 15) is 4.79 Å². The van der Waals surface area contributed by atoms with Crippen LogP contribution in [0, 0.1) is 17.8 Å². The standard InChI is InChI=1S/C17H26N4O/c22-17(15-10-14(15)12-4-2-1-3-5-12)19-16-7-9-21(20-16)13-6-8-18-11-13/h7,9,12-15,18H,1-6,8,10-11H2,(H,19,20,22)/t13-,14+,15-/m1/s1. The molecule has 0 aromatic carbocycles. The lowest BCUT2D eigenvalue weighted by atomic mass is 9.85. The molecule has 1 aliphatic heterocycles. The Morgan fingerprint density at radius 2 is 2.14 bits per heavy atom. The van der Waals surface area contributed by atoms with E-state index < -0.39 is 0 Å². The number of anilines is 1. The van der Waals surface area contributed by atoms with Crippen LogP contribution >= 0.6 is 0 Å². The maximum Gasteiger partial charge on any atom is 0.228 e. The Hall–Kier alpha value is -1.36. The van der Waals surface area contributed by atoms with Gasteiger partial charge in [-0.15, -0.1) is 0 Å². The highest BCUT2D eigenvalue weighted by molar-refractivity contribution is 5.93. The first-order valence-corrected chi connectivity index (χ1v) is 8.88. The van der Waals surface area contributed by atoms with E-state index in [1.54, 1.807) is 0 Å². The van der Waals surface area contributed by atoms with Crippen LogP contribution in [0.15, 0.2) is 12.3 Å². The average Bonchev–Trinajstić information content (AvgIpc) is 2.95. The second kappa shape index (κ2) is 6.03. The Balaban J connectivity index is 1.31. The number of nitrogens with zero attached hydrogens (tertiary/aromatic N) is 2. The molecule has 3 atom stereocenters. The Morgan fingerprint density at radius 3 is 2.91 bits per heavy atom. The molecular formula is C17H26N4O. The molecule has 0 spiro atoms. The Labute approximate surface area is 131 Å². The molecule has 5 heteroatoms. The van der Waals surface area contributed by atoms with Gasteiger partial charge in [-0.05, 0) is 31.2 Å². The SMILES string of the molecule is O=C(Nc1ccn([C@@H]2CCNC2)n1)[C@@H]1C[C@H]1C1CCCCC1. The number of nitrogens with one attached hydrogen (secondary N) is 2. The molecule has 4 rings (SSSR count). The van der Waals surface area contributed by atoms with Crippen molar-refractivity contribution in [3.8, 4) is 0 Å². The minimum Gasteiger partial charge on any atom is -0.315 e. The van der Waals surface area contributed by atoms with Crippen LogP contribution in [0.4, 0.5) is 5.82 Å². The quantitative estimate of drug-likeness (QED) is 0.898. The summed E-state index contributed by atoms with van der Waals surface area (Å²) in [6.07, 6.45) is 10.9. The molecule has 0 bridgehead atoms. The predicted octanol–water partition coefficient (Wildman–Crippen LogP) is 2.57. The van der Waals surface area contributed by atoms with Gasteiger partial charge in [0.2, 0.25) is 5.91 Å². The average molecular weight is 302 g/mol. The molecule has 1 amide bonds. The number of rotatable bonds is 4. The Morgan fingerprint density at radius 1 is 1.27 bits per heavy atom. The molecule has 5 nitrogen and oxygen atoms in total. The number of carbonyl (C=O) groups excluding carboxylic acids is 1. The fraction of sp³-hybridized carbons (Fsp3) is 0.765. The maximum absolute atomic E-state index is 12.4. The van der Waals surface area contributed by atoms with Crippen LogP contribution in [-0.2, 0) is 4.79 Å². The summed E-state index contributed by atoms with van der Waals surface area (Å²) in [5, 5.41) is 10.9. The highest BCUT2D eigenvalue weighted by atomic mass is 16.2. The van der Waals surface area contributed by atoms with Crippen LogP contribution in [0.25, 0.3) is 0 Å². The van der Waals surface area contributed by atoms with Crippen molar-refractivity contribution in [1.29, 1.82) is 0 Å². The van der Waals surface area contributed by atoms with Crippen LogP contribution in [0.3, 0.4) is 0 Å². The maximum atomic E-state index is 12.4. The van der Waals surface area contributed by atoms with Gasteiger partial charge in [-0.25, -0.2) is 0 Å². The highest BCUT2D eigenvalue weighted by Crippen LogP contribution is 2.49. The molecule has 1 saturated heterocycles. The lowest BCUT2D eigenvalue weighted by molar-refractivity contribution is -0.117. The zero-order valence-corrected chi connectivity index (χ0v) is 13.1. The van der Waals surface area contributed by atoms with E-state index in [1.165, 1.54) is 32.1 Å². The third kappa shape index (κ3) is 2.91. The van der Waals surface area contributed by atoms with E-state index in [0.717, 1.165) is 31.8 Å². The molecule has 0 radical (unpaired) electrons. The van der Waals surface area contributed by atoms with Gasteiger partial charge >= 0.3 is 0 Å². The summed E-state index contributed by atoms with van der Waals surface area (Å²) in [7, 11) is 0. The van der Waals surface area contributed by atoms with Gasteiger partial charge in [-0.1, -0.05) is 32.1 Å². The summed E-state index contributed by atoms with van der Waals surface area (Å²) >= 11 is 0. The van der Waals surface area contributed by atoms with Gasteiger partial charge in [-0.2, -0.15) is 5.10 Å². The van der Waals surface area contributed by atoms with Gasteiger partial charge in [0.05, 0.1) is 6.04 Å². The van der Waals surface area contributed by atoms with Crippen LogP contribution in [0.5, 0.6) is 0 Å². The summed E-state index contributed by atoms with van der Waals surface area (Å²) in [5.74, 6) is 2.58. The van der Waals surface area contributed by atoms with Crippen LogP contribution in [0.1, 0.15) is 51.0 Å². The van der Waals surface area contributed by atoms with Crippen molar-refractivity contribution in [1.82, 2.24) is 15.1 Å². The molecule has 1 aromatic rings.